The molecule has 1 atom stereocenters. The number of carboxylic acid groups (broad SMARTS) is 1. The van der Waals surface area contributed by atoms with Crippen LogP contribution >= 0.6 is 12.2 Å². The zero-order valence-electron chi connectivity index (χ0n) is 24.7. The number of hydrogen-bond donors (Lipinski definition) is 3. The summed E-state index contributed by atoms with van der Waals surface area (Å²) in [6.45, 7) is 4.97. The number of hydrogen-bond acceptors (Lipinski definition) is 7. The summed E-state index contributed by atoms with van der Waals surface area (Å²) in [5, 5.41) is 16.1. The first-order chi connectivity index (χ1) is 21.6. The van der Waals surface area contributed by atoms with Crippen LogP contribution in [0.5, 0.6) is 0 Å². The summed E-state index contributed by atoms with van der Waals surface area (Å²) in [7, 11) is 0. The number of amides is 1. The molecule has 1 saturated carbocycles. The second-order valence-corrected chi connectivity index (χ2v) is 11.9. The number of carbonyl (C=O) groups excluding carboxylic acids is 1. The van der Waals surface area contributed by atoms with Crippen LogP contribution in [-0.4, -0.2) is 78.8 Å². The number of fused-ring (bicyclic) bond motifs is 1. The third kappa shape index (κ3) is 6.23. The molecular formula is C31H34F2N6O5S. The number of carboxylic acids is 1. The molecule has 3 aliphatic rings. The Kier molecular flexibility index (Phi) is 8.49. The quantitative estimate of drug-likeness (QED) is 0.298. The van der Waals surface area contributed by atoms with Crippen molar-refractivity contribution in [1.82, 2.24) is 15.2 Å². The van der Waals surface area contributed by atoms with Crippen LogP contribution < -0.4 is 30.8 Å². The summed E-state index contributed by atoms with van der Waals surface area (Å²) >= 11 is 5.21. The number of pyridine rings is 1. The minimum absolute atomic E-state index is 0.0424. The van der Waals surface area contributed by atoms with Crippen LogP contribution in [-0.2, 0) is 4.74 Å². The van der Waals surface area contributed by atoms with Gasteiger partial charge in [0.15, 0.2) is 5.11 Å². The van der Waals surface area contributed by atoms with Crippen molar-refractivity contribution in [2.45, 2.75) is 38.3 Å². The lowest BCUT2D eigenvalue weighted by atomic mass is 10.1. The maximum atomic E-state index is 15.4. The molecule has 11 nitrogen and oxygen atoms in total. The van der Waals surface area contributed by atoms with E-state index in [2.05, 4.69) is 10.6 Å². The molecule has 0 bridgehead atoms. The van der Waals surface area contributed by atoms with Crippen molar-refractivity contribution in [3.05, 3.63) is 63.9 Å². The fourth-order valence-electron chi connectivity index (χ4n) is 5.86. The summed E-state index contributed by atoms with van der Waals surface area (Å²) in [6, 6.07) is 7.45. The number of anilines is 3. The average Bonchev–Trinajstić information content (AvgIpc) is 3.80. The van der Waals surface area contributed by atoms with Crippen LogP contribution in [0.2, 0.25) is 0 Å². The molecule has 0 radical (unpaired) electrons. The SMILES string of the molecule is CCCNC(=S)NCC1CN(c2ccc(N3CCN(c4cc5c(cc4F)c(=O)c(C(=O)O)cn5C4CC4)CC3)c(F)c2)C(=O)O1. The molecule has 2 aliphatic heterocycles. The van der Waals surface area contributed by atoms with Crippen LogP contribution in [0.4, 0.5) is 30.6 Å². The highest BCUT2D eigenvalue weighted by Crippen LogP contribution is 2.38. The first kappa shape index (κ1) is 30.6. The number of aromatic carboxylic acids is 1. The molecule has 1 aliphatic carbocycles. The van der Waals surface area contributed by atoms with Crippen molar-refractivity contribution < 1.29 is 28.2 Å². The molecule has 6 rings (SSSR count). The lowest BCUT2D eigenvalue weighted by molar-refractivity contribution is 0.0694. The van der Waals surface area contributed by atoms with Crippen molar-refractivity contribution >= 4 is 57.4 Å². The van der Waals surface area contributed by atoms with E-state index >= 15 is 8.78 Å². The number of ether oxygens (including phenoxy) is 1. The highest BCUT2D eigenvalue weighted by Gasteiger charge is 2.33. The predicted molar refractivity (Wildman–Crippen MR) is 171 cm³/mol. The smallest absolute Gasteiger partial charge is 0.414 e. The average molecular weight is 641 g/mol. The van der Waals surface area contributed by atoms with Crippen molar-refractivity contribution in [1.29, 1.82) is 0 Å². The Morgan fingerprint density at radius 1 is 1.02 bits per heavy atom. The Hall–Kier alpha value is -4.46. The van der Waals surface area contributed by atoms with Gasteiger partial charge in [0, 0.05) is 50.3 Å². The number of benzene rings is 2. The monoisotopic (exact) mass is 640 g/mol. The highest BCUT2D eigenvalue weighted by molar-refractivity contribution is 7.80. The molecule has 45 heavy (non-hydrogen) atoms. The van der Waals surface area contributed by atoms with Crippen LogP contribution in [0.3, 0.4) is 0 Å². The van der Waals surface area contributed by atoms with E-state index in [1.807, 2.05) is 16.7 Å². The zero-order valence-corrected chi connectivity index (χ0v) is 25.5. The van der Waals surface area contributed by atoms with E-state index in [0.717, 1.165) is 31.9 Å². The van der Waals surface area contributed by atoms with Crippen LogP contribution in [0.1, 0.15) is 42.6 Å². The molecule has 0 spiro atoms. The first-order valence-corrected chi connectivity index (χ1v) is 15.5. The largest absolute Gasteiger partial charge is 0.477 e. The molecule has 3 N–H and O–H groups in total. The lowest BCUT2D eigenvalue weighted by Gasteiger charge is -2.37. The third-order valence-electron chi connectivity index (χ3n) is 8.38. The van der Waals surface area contributed by atoms with Gasteiger partial charge in [0.05, 0.1) is 35.7 Å². The first-order valence-electron chi connectivity index (χ1n) is 15.1. The molecular weight excluding hydrogens is 606 g/mol. The molecule has 3 fully saturated rings. The fraction of sp³-hybridized carbons (Fsp3) is 0.419. The number of cyclic esters (lactones) is 1. The number of aromatic nitrogens is 1. The second-order valence-electron chi connectivity index (χ2n) is 11.5. The Bertz CT molecular complexity index is 1720. The number of halogens is 2. The summed E-state index contributed by atoms with van der Waals surface area (Å²) in [5.41, 5.74) is 0.499. The summed E-state index contributed by atoms with van der Waals surface area (Å²) in [5.74, 6) is -2.44. The minimum atomic E-state index is -1.34. The number of thiocarbonyl (C=S) groups is 1. The molecule has 238 valence electrons. The summed E-state index contributed by atoms with van der Waals surface area (Å²) < 4.78 is 38.0. The van der Waals surface area contributed by atoms with Gasteiger partial charge in [-0.25, -0.2) is 18.4 Å². The van der Waals surface area contributed by atoms with Gasteiger partial charge in [-0.2, -0.15) is 0 Å². The van der Waals surface area contributed by atoms with E-state index < -0.39 is 35.2 Å². The lowest BCUT2D eigenvalue weighted by Crippen LogP contribution is -2.47. The Balaban J connectivity index is 1.13. The van der Waals surface area contributed by atoms with Crippen molar-refractivity contribution in [2.24, 2.45) is 0 Å². The van der Waals surface area contributed by atoms with Crippen molar-refractivity contribution in [3.63, 3.8) is 0 Å². The predicted octanol–water partition coefficient (Wildman–Crippen LogP) is 3.84. The summed E-state index contributed by atoms with van der Waals surface area (Å²) in [6.07, 6.45) is 3.00. The molecule has 3 aromatic rings. The van der Waals surface area contributed by atoms with Gasteiger partial charge in [0.25, 0.3) is 0 Å². The maximum Gasteiger partial charge on any atom is 0.414 e. The Labute approximate surface area is 263 Å². The topological polar surface area (TPSA) is 119 Å². The molecule has 3 heterocycles. The number of nitrogens with zero attached hydrogens (tertiary/aromatic N) is 4. The Morgan fingerprint density at radius 3 is 2.36 bits per heavy atom. The second kappa shape index (κ2) is 12.5. The van der Waals surface area contributed by atoms with Gasteiger partial charge in [-0.15, -0.1) is 0 Å². The van der Waals surface area contributed by atoms with Gasteiger partial charge in [0.1, 0.15) is 23.3 Å². The van der Waals surface area contributed by atoms with E-state index in [9.17, 15) is 19.5 Å². The van der Waals surface area contributed by atoms with Crippen LogP contribution in [0.25, 0.3) is 10.9 Å². The number of piperazine rings is 1. The van der Waals surface area contributed by atoms with Gasteiger partial charge in [-0.1, -0.05) is 6.92 Å². The van der Waals surface area contributed by atoms with Gasteiger partial charge >= 0.3 is 12.1 Å². The number of carbonyl (C=O) groups is 2. The van der Waals surface area contributed by atoms with E-state index in [0.29, 0.717) is 60.4 Å². The van der Waals surface area contributed by atoms with Gasteiger partial charge in [0.2, 0.25) is 5.43 Å². The standard InChI is InChI=1S/C31H34F2N6O5S/c1-2-7-34-30(45)35-15-20-16-39(31(43)44-20)19-5-6-25(23(32)12-19)36-8-10-37(11-9-36)27-14-26-21(13-24(27)33)28(40)22(29(41)42)17-38(26)18-3-4-18/h5-6,12-14,17-18,20H,2-4,7-11,15-16H2,1H3,(H,41,42)(H2,34,35,45). The molecule has 14 heteroatoms. The normalized spacial score (nSPS) is 18.3. The van der Waals surface area contributed by atoms with Crippen molar-refractivity contribution in [2.75, 3.05) is 60.5 Å². The van der Waals surface area contributed by atoms with Crippen LogP contribution in [0, 0.1) is 11.6 Å². The molecule has 1 amide bonds. The molecule has 1 unspecified atom stereocenters. The highest BCUT2D eigenvalue weighted by atomic mass is 32.1. The van der Waals surface area contributed by atoms with Crippen molar-refractivity contribution in [3.8, 4) is 0 Å². The third-order valence-corrected chi connectivity index (χ3v) is 8.66. The molecule has 2 saturated heterocycles. The van der Waals surface area contributed by atoms with Gasteiger partial charge < -0.3 is 34.8 Å². The molecule has 1 aromatic heterocycles. The number of rotatable bonds is 9. The van der Waals surface area contributed by atoms with Gasteiger partial charge in [-0.3, -0.25) is 9.69 Å². The van der Waals surface area contributed by atoms with E-state index in [1.165, 1.54) is 17.2 Å². The van der Waals surface area contributed by atoms with Gasteiger partial charge in [-0.05, 0) is 61.8 Å². The zero-order chi connectivity index (χ0) is 31.8. The fourth-order valence-corrected chi connectivity index (χ4v) is 6.05. The maximum absolute atomic E-state index is 15.4. The Morgan fingerprint density at radius 2 is 1.71 bits per heavy atom. The molecule has 2 aromatic carbocycles. The van der Waals surface area contributed by atoms with E-state index in [1.54, 1.807) is 22.8 Å². The minimum Gasteiger partial charge on any atom is -0.477 e. The van der Waals surface area contributed by atoms with Crippen LogP contribution in [0.15, 0.2) is 41.3 Å². The summed E-state index contributed by atoms with van der Waals surface area (Å²) in [4.78, 5) is 42.1. The van der Waals surface area contributed by atoms with E-state index in [4.69, 9.17) is 17.0 Å². The van der Waals surface area contributed by atoms with E-state index in [-0.39, 0.29) is 23.5 Å². The number of nitrogens with one attached hydrogen (secondary N) is 2.